The zero-order chi connectivity index (χ0) is 13.9. The molecule has 1 amide bonds. The Morgan fingerprint density at radius 1 is 1.25 bits per heavy atom. The maximum atomic E-state index is 11.2. The van der Waals surface area contributed by atoms with E-state index in [1.807, 2.05) is 30.0 Å². The second-order valence-electron chi connectivity index (χ2n) is 4.85. The number of carbonyl (C=O) groups excluding carboxylic acids is 1. The lowest BCUT2D eigenvalue weighted by molar-refractivity contribution is 0.1000. The quantitative estimate of drug-likeness (QED) is 0.907. The summed E-state index contributed by atoms with van der Waals surface area (Å²) in [7, 11) is 0. The summed E-state index contributed by atoms with van der Waals surface area (Å²) in [5.41, 5.74) is 8.31. The standard InChI is InChI=1S/C16H16N2OS/c17-16(19)12-5-3-4-11(8-12)9-18-14-10-20-15-7-2-1-6-13(14)15/h1-8,14,18H,9-10H2,(H2,17,19). The van der Waals surface area contributed by atoms with Crippen LogP contribution in [0.1, 0.15) is 27.5 Å². The van der Waals surface area contributed by atoms with Crippen LogP contribution in [0.5, 0.6) is 0 Å². The molecule has 0 saturated heterocycles. The molecular weight excluding hydrogens is 268 g/mol. The first-order valence-corrected chi connectivity index (χ1v) is 7.56. The van der Waals surface area contributed by atoms with E-state index >= 15 is 0 Å². The summed E-state index contributed by atoms with van der Waals surface area (Å²) in [6.07, 6.45) is 0. The van der Waals surface area contributed by atoms with E-state index in [-0.39, 0.29) is 5.91 Å². The van der Waals surface area contributed by atoms with E-state index in [4.69, 9.17) is 5.73 Å². The lowest BCUT2D eigenvalue weighted by Crippen LogP contribution is -2.21. The van der Waals surface area contributed by atoms with Crippen molar-refractivity contribution in [3.8, 4) is 0 Å². The minimum Gasteiger partial charge on any atom is -0.366 e. The van der Waals surface area contributed by atoms with Crippen LogP contribution in [0, 0.1) is 0 Å². The molecule has 4 heteroatoms. The molecule has 0 fully saturated rings. The largest absolute Gasteiger partial charge is 0.366 e. The third-order valence-corrected chi connectivity index (χ3v) is 4.65. The van der Waals surface area contributed by atoms with Crippen LogP contribution in [0.25, 0.3) is 0 Å². The number of primary amides is 1. The van der Waals surface area contributed by atoms with Crippen molar-refractivity contribution < 1.29 is 4.79 Å². The third kappa shape index (κ3) is 2.71. The summed E-state index contributed by atoms with van der Waals surface area (Å²) in [6, 6.07) is 16.3. The SMILES string of the molecule is NC(=O)c1cccc(CNC2CSc3ccccc32)c1. The molecule has 102 valence electrons. The summed E-state index contributed by atoms with van der Waals surface area (Å²) in [5, 5.41) is 3.55. The molecule has 3 nitrogen and oxygen atoms in total. The Balaban J connectivity index is 1.69. The number of amides is 1. The van der Waals surface area contributed by atoms with Crippen LogP contribution in [-0.2, 0) is 6.54 Å². The minimum absolute atomic E-state index is 0.369. The van der Waals surface area contributed by atoms with Crippen molar-refractivity contribution in [2.45, 2.75) is 17.5 Å². The van der Waals surface area contributed by atoms with Gasteiger partial charge in [-0.2, -0.15) is 0 Å². The molecule has 1 aliphatic rings. The molecule has 2 aromatic carbocycles. The summed E-state index contributed by atoms with van der Waals surface area (Å²) in [5.74, 6) is 0.670. The van der Waals surface area contributed by atoms with Crippen LogP contribution in [0.3, 0.4) is 0 Å². The summed E-state index contributed by atoms with van der Waals surface area (Å²) >= 11 is 1.88. The van der Waals surface area contributed by atoms with Crippen LogP contribution < -0.4 is 11.1 Å². The smallest absolute Gasteiger partial charge is 0.248 e. The second kappa shape index (κ2) is 5.69. The highest BCUT2D eigenvalue weighted by atomic mass is 32.2. The lowest BCUT2D eigenvalue weighted by Gasteiger charge is -2.13. The van der Waals surface area contributed by atoms with E-state index < -0.39 is 0 Å². The molecule has 2 aromatic rings. The van der Waals surface area contributed by atoms with E-state index in [2.05, 4.69) is 29.6 Å². The van der Waals surface area contributed by atoms with Crippen molar-refractivity contribution in [3.63, 3.8) is 0 Å². The van der Waals surface area contributed by atoms with Crippen LogP contribution in [-0.4, -0.2) is 11.7 Å². The molecule has 0 spiro atoms. The average molecular weight is 284 g/mol. The first kappa shape index (κ1) is 13.2. The molecule has 0 bridgehead atoms. The fourth-order valence-electron chi connectivity index (χ4n) is 2.41. The van der Waals surface area contributed by atoms with Gasteiger partial charge in [0.05, 0.1) is 0 Å². The van der Waals surface area contributed by atoms with Gasteiger partial charge in [-0.1, -0.05) is 30.3 Å². The van der Waals surface area contributed by atoms with Crippen molar-refractivity contribution >= 4 is 17.7 Å². The number of fused-ring (bicyclic) bond motifs is 1. The Hall–Kier alpha value is -1.78. The normalized spacial score (nSPS) is 16.9. The third-order valence-electron chi connectivity index (χ3n) is 3.46. The van der Waals surface area contributed by atoms with Gasteiger partial charge in [0.15, 0.2) is 0 Å². The number of benzene rings is 2. The van der Waals surface area contributed by atoms with E-state index in [9.17, 15) is 4.79 Å². The van der Waals surface area contributed by atoms with E-state index in [0.717, 1.165) is 17.9 Å². The predicted octanol–water partition coefficient (Wildman–Crippen LogP) is 2.72. The van der Waals surface area contributed by atoms with Crippen LogP contribution in [0.15, 0.2) is 53.4 Å². The van der Waals surface area contributed by atoms with E-state index in [1.54, 1.807) is 6.07 Å². The number of nitrogens with one attached hydrogen (secondary N) is 1. The minimum atomic E-state index is -0.381. The molecule has 1 heterocycles. The topological polar surface area (TPSA) is 55.1 Å². The Morgan fingerprint density at radius 3 is 2.95 bits per heavy atom. The van der Waals surface area contributed by atoms with Crippen LogP contribution in [0.4, 0.5) is 0 Å². The van der Waals surface area contributed by atoms with Gasteiger partial charge in [0.25, 0.3) is 0 Å². The molecule has 0 radical (unpaired) electrons. The maximum Gasteiger partial charge on any atom is 0.248 e. The zero-order valence-electron chi connectivity index (χ0n) is 11.0. The molecule has 0 aromatic heterocycles. The van der Waals surface area contributed by atoms with Gasteiger partial charge in [-0.25, -0.2) is 0 Å². The first-order valence-electron chi connectivity index (χ1n) is 6.58. The Morgan fingerprint density at radius 2 is 2.10 bits per heavy atom. The zero-order valence-corrected chi connectivity index (χ0v) is 11.8. The monoisotopic (exact) mass is 284 g/mol. The lowest BCUT2D eigenvalue weighted by atomic mass is 10.1. The van der Waals surface area contributed by atoms with Crippen LogP contribution >= 0.6 is 11.8 Å². The molecule has 3 N–H and O–H groups in total. The van der Waals surface area contributed by atoms with Gasteiger partial charge in [0.1, 0.15) is 0 Å². The van der Waals surface area contributed by atoms with Crippen LogP contribution in [0.2, 0.25) is 0 Å². The highest BCUT2D eigenvalue weighted by Crippen LogP contribution is 2.37. The van der Waals surface area contributed by atoms with Gasteiger partial charge in [-0.15, -0.1) is 11.8 Å². The van der Waals surface area contributed by atoms with Gasteiger partial charge >= 0.3 is 0 Å². The Bertz CT molecular complexity index is 642. The number of rotatable bonds is 4. The molecule has 1 aliphatic heterocycles. The predicted molar refractivity (Wildman–Crippen MR) is 81.7 cm³/mol. The number of nitrogens with two attached hydrogens (primary N) is 1. The van der Waals surface area contributed by atoms with Crippen molar-refractivity contribution in [2.24, 2.45) is 5.73 Å². The van der Waals surface area contributed by atoms with Gasteiger partial charge in [0, 0.05) is 28.8 Å². The number of carbonyl (C=O) groups is 1. The Labute approximate surface area is 122 Å². The van der Waals surface area contributed by atoms with Gasteiger partial charge in [0.2, 0.25) is 5.91 Å². The summed E-state index contributed by atoms with van der Waals surface area (Å²) in [6.45, 7) is 0.737. The first-order chi connectivity index (χ1) is 9.74. The van der Waals surface area contributed by atoms with Crippen molar-refractivity contribution in [1.82, 2.24) is 5.32 Å². The number of hydrogen-bond donors (Lipinski definition) is 2. The molecule has 1 atom stereocenters. The number of hydrogen-bond acceptors (Lipinski definition) is 3. The van der Waals surface area contributed by atoms with Gasteiger partial charge < -0.3 is 11.1 Å². The van der Waals surface area contributed by atoms with Gasteiger partial charge in [-0.3, -0.25) is 4.79 Å². The molecule has 20 heavy (non-hydrogen) atoms. The van der Waals surface area contributed by atoms with E-state index in [0.29, 0.717) is 11.6 Å². The summed E-state index contributed by atoms with van der Waals surface area (Å²) < 4.78 is 0. The fraction of sp³-hybridized carbons (Fsp3) is 0.188. The highest BCUT2D eigenvalue weighted by Gasteiger charge is 2.21. The fourth-order valence-corrected chi connectivity index (χ4v) is 3.60. The van der Waals surface area contributed by atoms with Crippen molar-refractivity contribution in [3.05, 3.63) is 65.2 Å². The molecule has 1 unspecified atom stereocenters. The molecule has 0 saturated carbocycles. The molecule has 3 rings (SSSR count). The van der Waals surface area contributed by atoms with E-state index in [1.165, 1.54) is 10.5 Å². The second-order valence-corrected chi connectivity index (χ2v) is 5.91. The maximum absolute atomic E-state index is 11.2. The van der Waals surface area contributed by atoms with Crippen molar-refractivity contribution in [1.29, 1.82) is 0 Å². The molecule has 0 aliphatic carbocycles. The Kier molecular flexibility index (Phi) is 3.76. The average Bonchev–Trinajstić information content (AvgIpc) is 2.89. The highest BCUT2D eigenvalue weighted by molar-refractivity contribution is 7.99. The number of thioether (sulfide) groups is 1. The summed E-state index contributed by atoms with van der Waals surface area (Å²) in [4.78, 5) is 12.5. The van der Waals surface area contributed by atoms with Crippen molar-refractivity contribution in [2.75, 3.05) is 5.75 Å². The van der Waals surface area contributed by atoms with Gasteiger partial charge in [-0.05, 0) is 29.3 Å². The molecular formula is C16H16N2OS.